The van der Waals surface area contributed by atoms with E-state index in [0.717, 1.165) is 26.3 Å². The molecule has 4 heteroatoms. The van der Waals surface area contributed by atoms with Gasteiger partial charge in [0.1, 0.15) is 0 Å². The van der Waals surface area contributed by atoms with Crippen molar-refractivity contribution in [1.82, 2.24) is 5.32 Å². The maximum absolute atomic E-state index is 10.3. The first-order valence-corrected chi connectivity index (χ1v) is 10.9. The summed E-state index contributed by atoms with van der Waals surface area (Å²) in [6.45, 7) is 10.3. The topological polar surface area (TPSA) is 38.0 Å². The molecule has 0 unspecified atom stereocenters. The highest BCUT2D eigenvalue weighted by molar-refractivity contribution is 5.63. The van der Waals surface area contributed by atoms with Crippen LogP contribution in [0.2, 0.25) is 0 Å². The van der Waals surface area contributed by atoms with E-state index in [0.29, 0.717) is 0 Å². The SMILES string of the molecule is C/C(=C\CCC1=CC=C(C2=CNCC2)C1)c1ccc(C)cc1.CC.CC(F)F.CN.[HH]. The average molecular weight is 421 g/mol. The van der Waals surface area contributed by atoms with Crippen molar-refractivity contribution in [2.24, 2.45) is 5.73 Å². The number of nitrogens with one attached hydrogen (secondary N) is 1. The highest BCUT2D eigenvalue weighted by Crippen LogP contribution is 2.30. The normalized spacial score (nSPS) is 14.7. The summed E-state index contributed by atoms with van der Waals surface area (Å²) in [7, 11) is 1.50. The molecule has 1 heterocycles. The quantitative estimate of drug-likeness (QED) is 0.520. The molecule has 1 aliphatic heterocycles. The molecule has 1 aliphatic carbocycles. The van der Waals surface area contributed by atoms with Crippen LogP contribution in [0.3, 0.4) is 0 Å². The molecule has 0 saturated heterocycles. The van der Waals surface area contributed by atoms with Gasteiger partial charge in [0, 0.05) is 14.2 Å². The Bertz CT molecular complexity index is 715. The molecule has 1 aromatic carbocycles. The van der Waals surface area contributed by atoms with E-state index in [1.54, 1.807) is 5.57 Å². The fourth-order valence-electron chi connectivity index (χ4n) is 3.11. The van der Waals surface area contributed by atoms with Gasteiger partial charge in [-0.05, 0) is 75.8 Å². The predicted molar refractivity (Wildman–Crippen MR) is 131 cm³/mol. The van der Waals surface area contributed by atoms with Gasteiger partial charge in [-0.25, -0.2) is 8.78 Å². The Morgan fingerprint density at radius 1 is 1.13 bits per heavy atom. The average Bonchev–Trinajstić information content (AvgIpc) is 3.43. The molecular weight excluding hydrogens is 378 g/mol. The first-order valence-electron chi connectivity index (χ1n) is 10.9. The minimum atomic E-state index is -2.17. The Hall–Kier alpha value is -2.20. The lowest BCUT2D eigenvalue weighted by atomic mass is 9.99. The fraction of sp³-hybridized carbons (Fsp3) is 0.462. The molecule has 170 valence electrons. The van der Waals surface area contributed by atoms with E-state index in [4.69, 9.17) is 0 Å². The standard InChI is InChI=1S/C21H25N.C2H4F2.C2H6.CH5N.H2/c1-16-6-9-19(10-7-16)17(2)4-3-5-18-8-11-20(14-18)21-12-13-22-15-21;1-2(3)4;2*1-2;/h4,6-11,15,22H,3,5,12-14H2,1-2H3;2H,1H3;1-2H3;2H2,1H3;1H/b17-4+;;;;. The van der Waals surface area contributed by atoms with Gasteiger partial charge in [0.15, 0.2) is 0 Å². The maximum atomic E-state index is 10.3. The van der Waals surface area contributed by atoms with Crippen molar-refractivity contribution in [3.63, 3.8) is 0 Å². The molecule has 30 heavy (non-hydrogen) atoms. The van der Waals surface area contributed by atoms with Crippen LogP contribution in [-0.4, -0.2) is 20.0 Å². The Morgan fingerprint density at radius 3 is 2.27 bits per heavy atom. The first-order chi connectivity index (χ1) is 14.5. The largest absolute Gasteiger partial charge is 0.390 e. The van der Waals surface area contributed by atoms with Crippen molar-refractivity contribution in [3.05, 3.63) is 76.5 Å². The van der Waals surface area contributed by atoms with Crippen molar-refractivity contribution in [1.29, 1.82) is 0 Å². The molecule has 3 rings (SSSR count). The van der Waals surface area contributed by atoms with Crippen molar-refractivity contribution in [2.45, 2.75) is 66.7 Å². The van der Waals surface area contributed by atoms with E-state index in [9.17, 15) is 8.78 Å². The van der Waals surface area contributed by atoms with Gasteiger partial charge in [0.2, 0.25) is 6.43 Å². The molecule has 0 saturated carbocycles. The summed E-state index contributed by atoms with van der Waals surface area (Å²) >= 11 is 0. The second-order valence-electron chi connectivity index (χ2n) is 6.88. The van der Waals surface area contributed by atoms with Crippen LogP contribution >= 0.6 is 0 Å². The van der Waals surface area contributed by atoms with Crippen LogP contribution in [0.5, 0.6) is 0 Å². The number of aryl methyl sites for hydroxylation is 1. The van der Waals surface area contributed by atoms with Crippen LogP contribution in [0.15, 0.2) is 65.4 Å². The van der Waals surface area contributed by atoms with Crippen LogP contribution in [0.4, 0.5) is 8.78 Å². The summed E-state index contributed by atoms with van der Waals surface area (Å²) < 4.78 is 20.7. The van der Waals surface area contributed by atoms with E-state index in [1.807, 2.05) is 13.8 Å². The number of hydrogen-bond donors (Lipinski definition) is 2. The third-order valence-electron chi connectivity index (χ3n) is 4.59. The Balaban J connectivity index is 0. The molecule has 0 aromatic heterocycles. The van der Waals surface area contributed by atoms with Crippen LogP contribution in [0.1, 0.15) is 65.9 Å². The lowest BCUT2D eigenvalue weighted by molar-refractivity contribution is 0.171. The number of hydrogen-bond acceptors (Lipinski definition) is 2. The second kappa shape index (κ2) is 16.6. The van der Waals surface area contributed by atoms with Crippen molar-refractivity contribution in [3.8, 4) is 0 Å². The molecule has 0 bridgehead atoms. The van der Waals surface area contributed by atoms with Gasteiger partial charge in [-0.1, -0.05) is 67.5 Å². The molecule has 2 nitrogen and oxygen atoms in total. The highest BCUT2D eigenvalue weighted by Gasteiger charge is 2.14. The summed E-state index contributed by atoms with van der Waals surface area (Å²) in [5, 5.41) is 3.31. The highest BCUT2D eigenvalue weighted by atomic mass is 19.3. The predicted octanol–water partition coefficient (Wildman–Crippen LogP) is 7.43. The lowest BCUT2D eigenvalue weighted by Gasteiger charge is -2.06. The molecule has 0 atom stereocenters. The van der Waals surface area contributed by atoms with E-state index in [2.05, 4.69) is 73.6 Å². The van der Waals surface area contributed by atoms with Gasteiger partial charge in [0.25, 0.3) is 0 Å². The molecule has 0 fully saturated rings. The first kappa shape index (κ1) is 27.8. The number of allylic oxidation sites excluding steroid dienone is 6. The van der Waals surface area contributed by atoms with Gasteiger partial charge in [0.05, 0.1) is 0 Å². The number of rotatable bonds is 5. The number of benzene rings is 1. The molecule has 0 spiro atoms. The zero-order chi connectivity index (χ0) is 22.9. The Kier molecular flexibility index (Phi) is 15.4. The van der Waals surface area contributed by atoms with Crippen LogP contribution in [0.25, 0.3) is 5.57 Å². The maximum Gasteiger partial charge on any atom is 0.235 e. The van der Waals surface area contributed by atoms with Gasteiger partial charge in [-0.3, -0.25) is 0 Å². The van der Waals surface area contributed by atoms with Gasteiger partial charge in [-0.15, -0.1) is 0 Å². The van der Waals surface area contributed by atoms with Gasteiger partial charge >= 0.3 is 0 Å². The molecular formula is C26H42F2N2. The lowest BCUT2D eigenvalue weighted by Crippen LogP contribution is -1.96. The third-order valence-corrected chi connectivity index (χ3v) is 4.59. The summed E-state index contributed by atoms with van der Waals surface area (Å²) in [4.78, 5) is 0. The monoisotopic (exact) mass is 420 g/mol. The zero-order valence-corrected chi connectivity index (χ0v) is 19.6. The van der Waals surface area contributed by atoms with E-state index >= 15 is 0 Å². The third kappa shape index (κ3) is 11.1. The van der Waals surface area contributed by atoms with Gasteiger partial charge in [-0.2, -0.15) is 0 Å². The molecule has 0 radical (unpaired) electrons. The zero-order valence-electron chi connectivity index (χ0n) is 19.6. The molecule has 3 N–H and O–H groups in total. The molecule has 2 aliphatic rings. The van der Waals surface area contributed by atoms with Crippen molar-refractivity contribution >= 4 is 5.57 Å². The van der Waals surface area contributed by atoms with Crippen molar-refractivity contribution in [2.75, 3.05) is 13.6 Å². The summed E-state index contributed by atoms with van der Waals surface area (Å²) in [6, 6.07) is 8.81. The number of nitrogens with two attached hydrogens (primary N) is 1. The van der Waals surface area contributed by atoms with Crippen molar-refractivity contribution < 1.29 is 10.2 Å². The molecule has 0 amide bonds. The number of halogens is 2. The Labute approximate surface area is 184 Å². The number of alkyl halides is 2. The van der Waals surface area contributed by atoms with E-state index in [-0.39, 0.29) is 1.43 Å². The summed E-state index contributed by atoms with van der Waals surface area (Å²) in [5.41, 5.74) is 13.1. The molecule has 1 aromatic rings. The second-order valence-corrected chi connectivity index (χ2v) is 6.88. The Morgan fingerprint density at radius 2 is 1.73 bits per heavy atom. The van der Waals surface area contributed by atoms with Crippen LogP contribution in [-0.2, 0) is 0 Å². The minimum absolute atomic E-state index is 0. The van der Waals surface area contributed by atoms with E-state index in [1.165, 1.54) is 47.7 Å². The summed E-state index contributed by atoms with van der Waals surface area (Å²) in [5.74, 6) is 0. The smallest absolute Gasteiger partial charge is 0.235 e. The van der Waals surface area contributed by atoms with Gasteiger partial charge < -0.3 is 11.1 Å². The summed E-state index contributed by atoms with van der Waals surface area (Å²) in [6.07, 6.45) is 11.6. The van der Waals surface area contributed by atoms with Crippen LogP contribution < -0.4 is 11.1 Å². The fourth-order valence-corrected chi connectivity index (χ4v) is 3.11. The van der Waals surface area contributed by atoms with Crippen LogP contribution in [0, 0.1) is 6.92 Å². The minimum Gasteiger partial charge on any atom is -0.390 e. The van der Waals surface area contributed by atoms with E-state index < -0.39 is 6.43 Å².